The van der Waals surface area contributed by atoms with Crippen LogP contribution in [0.15, 0.2) is 86.0 Å². The highest BCUT2D eigenvalue weighted by Gasteiger charge is 2.46. The number of likely N-dealkylation sites (N-methyl/N-ethyl adjacent to an activating group) is 1. The van der Waals surface area contributed by atoms with Crippen LogP contribution in [-0.2, 0) is 67.4 Å². The number of unbranched alkanes of at least 4 members (excludes halogenated alkanes) is 2. The zero-order valence-electron chi connectivity index (χ0n) is 40.9. The molecule has 4 heterocycles. The van der Waals surface area contributed by atoms with E-state index in [0.29, 0.717) is 48.6 Å². The van der Waals surface area contributed by atoms with Crippen LogP contribution in [0.25, 0.3) is 0 Å². The number of aliphatic hydroxyl groups is 1. The number of ether oxygens (including phenoxy) is 1. The molecule has 0 spiro atoms. The molecule has 0 aliphatic carbocycles. The van der Waals surface area contributed by atoms with Gasteiger partial charge >= 0.3 is 29.2 Å². The van der Waals surface area contributed by atoms with Crippen LogP contribution in [0.1, 0.15) is 84.1 Å². The standard InChI is InChI=1S/C42H57N6O20P3S4/c1-6-46-30-16-14-26(74(59,60)61)21-28(30)41(2,3)35(46)11-10-12-36-42(4,5)29-22-27(75(62,63)64)15-17-31(29)47(36)19-9-7-8-13-37(50)44-18-20-72-73-34-24-48(40(51)45-39(34)43)38-23-32(49)33(66-38)25-65-70(55,56)68-71(57,58)67-69(52,53)54/h10-12,14-17,21-22,24,32-33,38,49H,6-9,13,18-20,23,25H2,1-5H3,(H8-,43,44,45,50,51,52,53,54,55,56,57,58,59,60,61,62,63,64)/p+1/t32-,33+,38+/m0/s1. The summed E-state index contributed by atoms with van der Waals surface area (Å²) in [6, 6.07) is 9.03. The van der Waals surface area contributed by atoms with Gasteiger partial charge in [0.05, 0.1) is 32.8 Å². The third-order valence-corrected chi connectivity index (χ3v) is 20.2. The minimum absolute atomic E-state index is 0.119. The number of carbonyl (C=O) groups excluding carboxylic acids is 1. The Labute approximate surface area is 439 Å². The third-order valence-electron chi connectivity index (χ3n) is 12.4. The first-order chi connectivity index (χ1) is 34.6. The lowest BCUT2D eigenvalue weighted by Gasteiger charge is -2.25. The van der Waals surface area contributed by atoms with Gasteiger partial charge in [0.25, 0.3) is 20.2 Å². The third kappa shape index (κ3) is 15.0. The average Bonchev–Trinajstić information content (AvgIpc) is 3.83. The maximum absolute atomic E-state index is 12.8. The lowest BCUT2D eigenvalue weighted by Crippen LogP contribution is -2.29. The number of nitrogens with two attached hydrogens (primary N) is 1. The topological polar surface area (TPSA) is 394 Å². The van der Waals surface area contributed by atoms with Crippen LogP contribution in [0.5, 0.6) is 0 Å². The lowest BCUT2D eigenvalue weighted by molar-refractivity contribution is -0.438. The van der Waals surface area contributed by atoms with E-state index in [1.165, 1.54) is 41.3 Å². The summed E-state index contributed by atoms with van der Waals surface area (Å²) >= 11 is 0. The zero-order chi connectivity index (χ0) is 55.7. The second-order valence-electron chi connectivity index (χ2n) is 18.3. The summed E-state index contributed by atoms with van der Waals surface area (Å²) in [5.41, 5.74) is 8.51. The van der Waals surface area contributed by atoms with Crippen molar-refractivity contribution in [1.29, 1.82) is 0 Å². The molecular formula is C42H58N6O20P3S4+. The van der Waals surface area contributed by atoms with Gasteiger partial charge in [-0.3, -0.25) is 23.0 Å². The molecule has 3 aromatic rings. The number of nitrogen functional groups attached to an aromatic ring is 1. The molecule has 0 saturated carbocycles. The number of hydrogen-bond donors (Lipinski definition) is 9. The SMILES string of the molecule is CCN1/C(=C\C=C\C2=[N+](CCCCCC(=O)NCCSSc3cn([C@H]4C[C@H](O)[C@@H](COP(=O)(O)OP(=O)(O)OP(=O)(O)O)O4)c(=O)nc3N)c3ccc(S(=O)(=O)O)cc3C2(C)C)C(C)(C)c2cc(S(=O)(=O)O)ccc21. The maximum atomic E-state index is 12.8. The number of nitrogens with one attached hydrogen (secondary N) is 1. The monoisotopic (exact) mass is 1190 g/mol. The van der Waals surface area contributed by atoms with Gasteiger partial charge in [0.1, 0.15) is 24.7 Å². The van der Waals surface area contributed by atoms with E-state index in [0.717, 1.165) is 43.7 Å². The van der Waals surface area contributed by atoms with Gasteiger partial charge in [0.2, 0.25) is 11.6 Å². The molecule has 0 bridgehead atoms. The molecule has 75 heavy (non-hydrogen) atoms. The molecule has 3 aliphatic heterocycles. The Morgan fingerprint density at radius 1 is 0.960 bits per heavy atom. The minimum atomic E-state index is -5.78. The number of anilines is 2. The van der Waals surface area contributed by atoms with E-state index in [4.69, 9.17) is 20.3 Å². The number of amides is 1. The molecule has 2 aromatic carbocycles. The van der Waals surface area contributed by atoms with Crippen molar-refractivity contribution in [1.82, 2.24) is 14.9 Å². The number of nitrogens with zero attached hydrogens (tertiary/aromatic N) is 4. The highest BCUT2D eigenvalue weighted by Crippen LogP contribution is 2.66. The Bertz CT molecular complexity index is 3240. The Kier molecular flexibility index (Phi) is 18.9. The Morgan fingerprint density at radius 3 is 2.25 bits per heavy atom. The van der Waals surface area contributed by atoms with Crippen molar-refractivity contribution in [2.75, 3.05) is 42.6 Å². The summed E-state index contributed by atoms with van der Waals surface area (Å²) in [7, 11) is -23.4. The molecule has 6 rings (SSSR count). The molecular weight excluding hydrogens is 1130 g/mol. The molecule has 3 aliphatic rings. The quantitative estimate of drug-likeness (QED) is 0.0186. The first-order valence-corrected chi connectivity index (χ1v) is 32.5. The van der Waals surface area contributed by atoms with Gasteiger partial charge in [0.15, 0.2) is 5.71 Å². The van der Waals surface area contributed by atoms with E-state index in [-0.39, 0.29) is 40.9 Å². The zero-order valence-corrected chi connectivity index (χ0v) is 46.8. The summed E-state index contributed by atoms with van der Waals surface area (Å²) in [4.78, 5) is 67.8. The van der Waals surface area contributed by atoms with Gasteiger partial charge in [0, 0.05) is 78.8 Å². The second kappa shape index (κ2) is 23.4. The summed E-state index contributed by atoms with van der Waals surface area (Å²) in [5, 5.41) is 13.4. The number of phosphoric acid groups is 3. The van der Waals surface area contributed by atoms with Crippen molar-refractivity contribution < 1.29 is 91.6 Å². The van der Waals surface area contributed by atoms with Gasteiger partial charge in [-0.2, -0.15) is 35.0 Å². The first kappa shape index (κ1) is 60.6. The number of aliphatic hydroxyl groups excluding tert-OH is 1. The number of hydrogen-bond acceptors (Lipinski definition) is 19. The van der Waals surface area contributed by atoms with Crippen LogP contribution in [0, 0.1) is 0 Å². The predicted octanol–water partition coefficient (Wildman–Crippen LogP) is 5.06. The number of fused-ring (bicyclic) bond motifs is 2. The van der Waals surface area contributed by atoms with Gasteiger partial charge in [-0.1, -0.05) is 41.5 Å². The summed E-state index contributed by atoms with van der Waals surface area (Å²) in [5.74, 6) is 0.0976. The van der Waals surface area contributed by atoms with Crippen LogP contribution < -0.4 is 21.6 Å². The van der Waals surface area contributed by atoms with E-state index in [9.17, 15) is 64.1 Å². The van der Waals surface area contributed by atoms with Gasteiger partial charge in [-0.05, 0) is 75.6 Å². The number of allylic oxidation sites excluding steroid dienone is 4. The summed E-state index contributed by atoms with van der Waals surface area (Å²) in [6.07, 6.45) is 4.99. The highest BCUT2D eigenvalue weighted by atomic mass is 33.1. The van der Waals surface area contributed by atoms with Gasteiger partial charge < -0.3 is 45.4 Å². The largest absolute Gasteiger partial charge is 0.490 e. The molecule has 1 aromatic heterocycles. The maximum Gasteiger partial charge on any atom is 0.490 e. The van der Waals surface area contributed by atoms with E-state index < -0.39 is 85.3 Å². The molecule has 33 heteroatoms. The predicted molar refractivity (Wildman–Crippen MR) is 276 cm³/mol. The Morgan fingerprint density at radius 2 is 1.61 bits per heavy atom. The van der Waals surface area contributed by atoms with Crippen molar-refractivity contribution in [3.63, 3.8) is 0 Å². The van der Waals surface area contributed by atoms with Crippen molar-refractivity contribution >= 4 is 94.1 Å². The highest BCUT2D eigenvalue weighted by molar-refractivity contribution is 8.76. The number of aromatic nitrogens is 2. The van der Waals surface area contributed by atoms with Crippen molar-refractivity contribution in [3.05, 3.63) is 88.1 Å². The van der Waals surface area contributed by atoms with E-state index in [1.807, 2.05) is 52.8 Å². The number of rotatable bonds is 24. The van der Waals surface area contributed by atoms with E-state index in [2.05, 4.69) is 32.9 Å². The first-order valence-electron chi connectivity index (χ1n) is 22.8. The molecule has 10 N–H and O–H groups in total. The minimum Gasteiger partial charge on any atom is -0.390 e. The van der Waals surface area contributed by atoms with Crippen LogP contribution in [-0.4, -0.2) is 121 Å². The molecule has 26 nitrogen and oxygen atoms in total. The van der Waals surface area contributed by atoms with Crippen LogP contribution in [0.2, 0.25) is 0 Å². The fraction of sp³-hybridized carbons (Fsp3) is 0.476. The molecule has 1 fully saturated rings. The number of benzene rings is 2. The molecule has 1 saturated heterocycles. The number of carbonyl (C=O) groups is 1. The van der Waals surface area contributed by atoms with Crippen LogP contribution >= 0.6 is 45.1 Å². The van der Waals surface area contributed by atoms with Gasteiger partial charge in [-0.15, -0.1) is 0 Å². The van der Waals surface area contributed by atoms with Gasteiger partial charge in [-0.25, -0.2) is 18.5 Å². The van der Waals surface area contributed by atoms with Crippen LogP contribution in [0.4, 0.5) is 17.2 Å². The van der Waals surface area contributed by atoms with Crippen molar-refractivity contribution in [2.24, 2.45) is 0 Å². The van der Waals surface area contributed by atoms with Crippen molar-refractivity contribution in [3.8, 4) is 0 Å². The fourth-order valence-corrected chi connectivity index (χ4v) is 14.8. The number of phosphoric ester groups is 1. The summed E-state index contributed by atoms with van der Waals surface area (Å²) < 4.78 is 123. The second-order valence-corrected chi connectivity index (χ2v) is 28.0. The van der Waals surface area contributed by atoms with Crippen molar-refractivity contribution in [2.45, 2.75) is 111 Å². The molecule has 1 amide bonds. The van der Waals surface area contributed by atoms with E-state index >= 15 is 0 Å². The molecule has 414 valence electrons. The smallest absolute Gasteiger partial charge is 0.390 e. The Hall–Kier alpha value is -3.61. The molecule has 2 unspecified atom stereocenters. The van der Waals surface area contributed by atoms with E-state index in [1.54, 1.807) is 12.1 Å². The normalized spacial score (nSPS) is 21.6. The fourth-order valence-electron chi connectivity index (χ4n) is 8.84. The summed E-state index contributed by atoms with van der Waals surface area (Å²) in [6.45, 7) is 10.2. The molecule has 0 radical (unpaired) electrons. The Balaban J connectivity index is 1.01. The average molecular weight is 1190 g/mol. The lowest BCUT2D eigenvalue weighted by atomic mass is 9.81. The molecule has 5 atom stereocenters. The van der Waals surface area contributed by atoms with Crippen LogP contribution in [0.3, 0.4) is 0 Å².